The van der Waals surface area contributed by atoms with Gasteiger partial charge in [-0.3, -0.25) is 9.69 Å². The van der Waals surface area contributed by atoms with E-state index in [0.717, 1.165) is 23.1 Å². The number of ether oxygens (including phenoxy) is 1. The first kappa shape index (κ1) is 17.2. The first-order valence-corrected chi connectivity index (χ1v) is 7.94. The molecule has 0 aliphatic heterocycles. The average molecular weight is 342 g/mol. The lowest BCUT2D eigenvalue weighted by atomic mass is 9.86. The van der Waals surface area contributed by atoms with Crippen LogP contribution in [0.5, 0.6) is 0 Å². The molecule has 0 aliphatic rings. The lowest BCUT2D eigenvalue weighted by Crippen LogP contribution is -2.45. The standard InChI is InChI=1S/C16H24BrNO2/c1-5-18(6-2)16(4,12-15(19)20-7-3)13-10-8-9-11-14(13)17/h8-11H,5-7,12H2,1-4H3. The number of nitrogens with zero attached hydrogens (tertiary/aromatic N) is 1. The summed E-state index contributed by atoms with van der Waals surface area (Å²) in [6.07, 6.45) is 0.352. The summed E-state index contributed by atoms with van der Waals surface area (Å²) in [4.78, 5) is 14.3. The number of carbonyl (C=O) groups is 1. The second-order valence-electron chi connectivity index (χ2n) is 4.91. The minimum Gasteiger partial charge on any atom is -0.466 e. The third-order valence-electron chi connectivity index (χ3n) is 3.71. The van der Waals surface area contributed by atoms with Gasteiger partial charge in [0.15, 0.2) is 0 Å². The van der Waals surface area contributed by atoms with Crippen molar-refractivity contribution in [3.63, 3.8) is 0 Å². The van der Waals surface area contributed by atoms with Crippen molar-refractivity contribution in [1.82, 2.24) is 4.90 Å². The first-order chi connectivity index (χ1) is 9.49. The van der Waals surface area contributed by atoms with E-state index in [2.05, 4.69) is 47.7 Å². The topological polar surface area (TPSA) is 29.5 Å². The number of rotatable bonds is 7. The third kappa shape index (κ3) is 3.83. The summed E-state index contributed by atoms with van der Waals surface area (Å²) in [5, 5.41) is 0. The summed E-state index contributed by atoms with van der Waals surface area (Å²) in [6, 6.07) is 8.08. The number of carbonyl (C=O) groups excluding carboxylic acids is 1. The van der Waals surface area contributed by atoms with Crippen LogP contribution in [0.1, 0.15) is 39.7 Å². The molecule has 0 amide bonds. The smallest absolute Gasteiger partial charge is 0.308 e. The van der Waals surface area contributed by atoms with E-state index in [4.69, 9.17) is 4.74 Å². The third-order valence-corrected chi connectivity index (χ3v) is 4.40. The quantitative estimate of drug-likeness (QED) is 0.703. The lowest BCUT2D eigenvalue weighted by molar-refractivity contribution is -0.146. The van der Waals surface area contributed by atoms with E-state index in [9.17, 15) is 4.79 Å². The monoisotopic (exact) mass is 341 g/mol. The molecule has 112 valence electrons. The van der Waals surface area contributed by atoms with Crippen LogP contribution >= 0.6 is 15.9 Å². The second kappa shape index (κ2) is 7.79. The molecule has 0 radical (unpaired) electrons. The van der Waals surface area contributed by atoms with E-state index in [1.807, 2.05) is 25.1 Å². The second-order valence-corrected chi connectivity index (χ2v) is 5.76. The van der Waals surface area contributed by atoms with Crippen molar-refractivity contribution in [3.8, 4) is 0 Å². The van der Waals surface area contributed by atoms with Crippen molar-refractivity contribution in [2.75, 3.05) is 19.7 Å². The van der Waals surface area contributed by atoms with Crippen molar-refractivity contribution in [3.05, 3.63) is 34.3 Å². The minimum absolute atomic E-state index is 0.155. The van der Waals surface area contributed by atoms with Crippen molar-refractivity contribution in [2.24, 2.45) is 0 Å². The number of hydrogen-bond donors (Lipinski definition) is 0. The van der Waals surface area contributed by atoms with Gasteiger partial charge in [-0.25, -0.2) is 0 Å². The van der Waals surface area contributed by atoms with Crippen molar-refractivity contribution >= 4 is 21.9 Å². The Hall–Kier alpha value is -0.870. The Morgan fingerprint density at radius 3 is 2.35 bits per heavy atom. The van der Waals surface area contributed by atoms with E-state index in [1.54, 1.807) is 0 Å². The molecule has 0 bridgehead atoms. The Labute approximate surface area is 130 Å². The van der Waals surface area contributed by atoms with Crippen LogP contribution < -0.4 is 0 Å². The molecule has 0 N–H and O–H groups in total. The van der Waals surface area contributed by atoms with Crippen LogP contribution in [0, 0.1) is 0 Å². The van der Waals surface area contributed by atoms with Crippen LogP contribution in [0.25, 0.3) is 0 Å². The molecule has 0 saturated carbocycles. The molecule has 0 aliphatic carbocycles. The summed E-state index contributed by atoms with van der Waals surface area (Å²) in [5.74, 6) is -0.155. The molecule has 1 aromatic carbocycles. The van der Waals surface area contributed by atoms with Gasteiger partial charge in [-0.15, -0.1) is 0 Å². The fourth-order valence-electron chi connectivity index (χ4n) is 2.69. The first-order valence-electron chi connectivity index (χ1n) is 7.15. The summed E-state index contributed by atoms with van der Waals surface area (Å²) >= 11 is 3.61. The number of esters is 1. The van der Waals surface area contributed by atoms with E-state index in [-0.39, 0.29) is 11.5 Å². The van der Waals surface area contributed by atoms with Gasteiger partial charge in [0.2, 0.25) is 0 Å². The molecule has 0 fully saturated rings. The Bertz CT molecular complexity index is 446. The molecule has 0 spiro atoms. The Morgan fingerprint density at radius 1 is 1.25 bits per heavy atom. The van der Waals surface area contributed by atoms with Gasteiger partial charge < -0.3 is 4.74 Å². The van der Waals surface area contributed by atoms with E-state index in [1.165, 1.54) is 0 Å². The Morgan fingerprint density at radius 2 is 1.85 bits per heavy atom. The van der Waals surface area contributed by atoms with E-state index >= 15 is 0 Å². The summed E-state index contributed by atoms with van der Waals surface area (Å²) < 4.78 is 6.18. The van der Waals surface area contributed by atoms with Crippen LogP contribution in [0.4, 0.5) is 0 Å². The maximum Gasteiger partial charge on any atom is 0.308 e. The molecule has 1 unspecified atom stereocenters. The maximum absolute atomic E-state index is 12.0. The molecular formula is C16H24BrNO2. The van der Waals surface area contributed by atoms with Gasteiger partial charge in [-0.1, -0.05) is 48.0 Å². The van der Waals surface area contributed by atoms with Gasteiger partial charge in [-0.2, -0.15) is 0 Å². The van der Waals surface area contributed by atoms with E-state index < -0.39 is 0 Å². The Kier molecular flexibility index (Phi) is 6.69. The number of halogens is 1. The Balaban J connectivity index is 3.20. The molecule has 4 heteroatoms. The molecule has 1 rings (SSSR count). The zero-order chi connectivity index (χ0) is 15.2. The molecular weight excluding hydrogens is 318 g/mol. The molecule has 1 atom stereocenters. The van der Waals surface area contributed by atoms with Crippen molar-refractivity contribution < 1.29 is 9.53 Å². The summed E-state index contributed by atoms with van der Waals surface area (Å²) in [5.41, 5.74) is 0.757. The van der Waals surface area contributed by atoms with Crippen LogP contribution in [-0.2, 0) is 15.1 Å². The van der Waals surface area contributed by atoms with Gasteiger partial charge in [0, 0.05) is 4.47 Å². The number of benzene rings is 1. The SMILES string of the molecule is CCOC(=O)CC(C)(c1ccccc1Br)N(CC)CC. The lowest BCUT2D eigenvalue weighted by Gasteiger charge is -2.40. The summed E-state index contributed by atoms with van der Waals surface area (Å²) in [6.45, 7) is 10.4. The van der Waals surface area contributed by atoms with Crippen LogP contribution in [-0.4, -0.2) is 30.6 Å². The zero-order valence-corrected chi connectivity index (χ0v) is 14.4. The average Bonchev–Trinajstić information content (AvgIpc) is 2.40. The zero-order valence-electron chi connectivity index (χ0n) is 12.8. The van der Waals surface area contributed by atoms with Gasteiger partial charge >= 0.3 is 5.97 Å². The molecule has 0 heterocycles. The van der Waals surface area contributed by atoms with Gasteiger partial charge in [0.25, 0.3) is 0 Å². The molecule has 20 heavy (non-hydrogen) atoms. The van der Waals surface area contributed by atoms with Crippen molar-refractivity contribution in [1.29, 1.82) is 0 Å². The predicted octanol–water partition coefficient (Wildman–Crippen LogP) is 3.96. The predicted molar refractivity (Wildman–Crippen MR) is 85.7 cm³/mol. The van der Waals surface area contributed by atoms with Gasteiger partial charge in [0.05, 0.1) is 18.6 Å². The van der Waals surface area contributed by atoms with Crippen LogP contribution in [0.15, 0.2) is 28.7 Å². The fraction of sp³-hybridized carbons (Fsp3) is 0.562. The van der Waals surface area contributed by atoms with Gasteiger partial charge in [-0.05, 0) is 38.6 Å². The van der Waals surface area contributed by atoms with E-state index in [0.29, 0.717) is 13.0 Å². The summed E-state index contributed by atoms with van der Waals surface area (Å²) in [7, 11) is 0. The van der Waals surface area contributed by atoms with Gasteiger partial charge in [0.1, 0.15) is 0 Å². The van der Waals surface area contributed by atoms with Crippen molar-refractivity contribution in [2.45, 2.75) is 39.7 Å². The minimum atomic E-state index is -0.365. The number of hydrogen-bond acceptors (Lipinski definition) is 3. The highest BCUT2D eigenvalue weighted by atomic mass is 79.9. The normalized spacial score (nSPS) is 14.1. The molecule has 0 aromatic heterocycles. The highest BCUT2D eigenvalue weighted by Gasteiger charge is 2.36. The van der Waals surface area contributed by atoms with Crippen LogP contribution in [0.2, 0.25) is 0 Å². The molecule has 0 saturated heterocycles. The maximum atomic E-state index is 12.0. The highest BCUT2D eigenvalue weighted by Crippen LogP contribution is 2.36. The van der Waals surface area contributed by atoms with Crippen LogP contribution in [0.3, 0.4) is 0 Å². The highest BCUT2D eigenvalue weighted by molar-refractivity contribution is 9.10. The fourth-order valence-corrected chi connectivity index (χ4v) is 3.40. The molecule has 3 nitrogen and oxygen atoms in total. The molecule has 1 aromatic rings. The largest absolute Gasteiger partial charge is 0.466 e.